The Kier molecular flexibility index (Phi) is 1.50. The molecule has 74 valence electrons. The van der Waals surface area contributed by atoms with Crippen molar-refractivity contribution < 1.29 is 0 Å². The van der Waals surface area contributed by atoms with Crippen LogP contribution in [0.3, 0.4) is 0 Å². The third kappa shape index (κ3) is 0.977. The van der Waals surface area contributed by atoms with Crippen molar-refractivity contribution in [2.75, 3.05) is 5.73 Å². The Morgan fingerprint density at radius 3 is 2.33 bits per heavy atom. The molecule has 1 aliphatic carbocycles. The first kappa shape index (κ1) is 8.54. The quantitative estimate of drug-likeness (QED) is 0.696. The van der Waals surface area contributed by atoms with Gasteiger partial charge in [0.2, 0.25) is 0 Å². The molecule has 1 heteroatoms. The molecule has 0 bridgehead atoms. The van der Waals surface area contributed by atoms with Crippen LogP contribution in [0.2, 0.25) is 0 Å². The normalized spacial score (nSPS) is 22.2. The van der Waals surface area contributed by atoms with Crippen molar-refractivity contribution >= 4 is 5.69 Å². The molecule has 0 aliphatic heterocycles. The molecule has 3 rings (SSSR count). The number of hydrogen-bond acceptors (Lipinski definition) is 1. The third-order valence-electron chi connectivity index (χ3n) is 3.42. The van der Waals surface area contributed by atoms with E-state index >= 15 is 0 Å². The highest BCUT2D eigenvalue weighted by atomic mass is 14.6. The van der Waals surface area contributed by atoms with E-state index in [2.05, 4.69) is 37.3 Å². The fourth-order valence-electron chi connectivity index (χ4n) is 2.50. The molecular weight excluding hydrogens is 182 g/mol. The van der Waals surface area contributed by atoms with E-state index in [-0.39, 0.29) is 5.41 Å². The second kappa shape index (κ2) is 2.63. The average Bonchev–Trinajstić information content (AvgIpc) is 2.89. The maximum Gasteiger partial charge on any atom is 0.0450 e. The Hall–Kier alpha value is -1.76. The van der Waals surface area contributed by atoms with Crippen LogP contribution in [0.1, 0.15) is 23.6 Å². The number of rotatable bonds is 1. The highest BCUT2D eigenvalue weighted by Gasteiger charge is 2.48. The van der Waals surface area contributed by atoms with Crippen LogP contribution in [0.15, 0.2) is 48.5 Å². The smallest absolute Gasteiger partial charge is 0.0450 e. The molecule has 0 radical (unpaired) electrons. The van der Waals surface area contributed by atoms with Gasteiger partial charge in [0, 0.05) is 11.1 Å². The van der Waals surface area contributed by atoms with Crippen molar-refractivity contribution in [2.24, 2.45) is 0 Å². The summed E-state index contributed by atoms with van der Waals surface area (Å²) in [4.78, 5) is 0. The van der Waals surface area contributed by atoms with Gasteiger partial charge in [0.1, 0.15) is 0 Å². The van der Waals surface area contributed by atoms with Gasteiger partial charge in [-0.2, -0.15) is 0 Å². The Bertz CT molecular complexity index is 516. The van der Waals surface area contributed by atoms with Crippen LogP contribution in [-0.2, 0) is 5.41 Å². The van der Waals surface area contributed by atoms with Gasteiger partial charge in [0.05, 0.1) is 0 Å². The van der Waals surface area contributed by atoms with Crippen molar-refractivity contribution in [3.05, 3.63) is 65.2 Å². The van der Waals surface area contributed by atoms with E-state index < -0.39 is 0 Å². The molecule has 0 fully saturated rings. The van der Waals surface area contributed by atoms with Gasteiger partial charge in [-0.05, 0) is 29.7 Å². The van der Waals surface area contributed by atoms with Gasteiger partial charge in [-0.15, -0.1) is 0 Å². The molecule has 0 heterocycles. The first-order valence-electron chi connectivity index (χ1n) is 5.19. The SMILES string of the molecule is CC1(c2ccccc2)c2cccc(N)c21. The predicted molar refractivity (Wildman–Crippen MR) is 62.9 cm³/mol. The largest absolute Gasteiger partial charge is 0.398 e. The van der Waals surface area contributed by atoms with Crippen LogP contribution in [-0.4, -0.2) is 0 Å². The van der Waals surface area contributed by atoms with Crippen molar-refractivity contribution in [1.82, 2.24) is 0 Å². The van der Waals surface area contributed by atoms with E-state index in [1.807, 2.05) is 18.2 Å². The molecule has 0 saturated carbocycles. The molecule has 0 aromatic heterocycles. The lowest BCUT2D eigenvalue weighted by molar-refractivity contribution is 0.854. The Morgan fingerprint density at radius 1 is 0.933 bits per heavy atom. The standard InChI is InChI=1S/C14H13N/c1-14(10-6-3-2-4-7-10)11-8-5-9-12(15)13(11)14/h2-9H,15H2,1H3. The Labute approximate surface area is 89.6 Å². The third-order valence-corrected chi connectivity index (χ3v) is 3.42. The molecule has 1 unspecified atom stereocenters. The Balaban J connectivity index is 2.16. The second-order valence-electron chi connectivity index (χ2n) is 4.26. The monoisotopic (exact) mass is 195 g/mol. The number of fused-ring (bicyclic) bond motifs is 1. The summed E-state index contributed by atoms with van der Waals surface area (Å²) in [5.41, 5.74) is 11.0. The predicted octanol–water partition coefficient (Wildman–Crippen LogP) is 2.94. The van der Waals surface area contributed by atoms with Crippen molar-refractivity contribution in [1.29, 1.82) is 0 Å². The van der Waals surface area contributed by atoms with E-state index in [0.717, 1.165) is 5.69 Å². The van der Waals surface area contributed by atoms with Crippen LogP contribution in [0.5, 0.6) is 0 Å². The number of benzene rings is 2. The second-order valence-corrected chi connectivity index (χ2v) is 4.26. The first-order valence-corrected chi connectivity index (χ1v) is 5.19. The molecule has 2 aromatic carbocycles. The van der Waals surface area contributed by atoms with Gasteiger partial charge in [0.15, 0.2) is 0 Å². The lowest BCUT2D eigenvalue weighted by Crippen LogP contribution is -2.04. The molecular formula is C14H13N. The minimum absolute atomic E-state index is 0.0643. The zero-order valence-electron chi connectivity index (χ0n) is 8.70. The summed E-state index contributed by atoms with van der Waals surface area (Å²) < 4.78 is 0. The summed E-state index contributed by atoms with van der Waals surface area (Å²) in [6, 6.07) is 16.7. The van der Waals surface area contributed by atoms with Gasteiger partial charge in [-0.1, -0.05) is 42.5 Å². The first-order chi connectivity index (χ1) is 7.24. The van der Waals surface area contributed by atoms with E-state index in [1.165, 1.54) is 16.7 Å². The number of hydrogen-bond donors (Lipinski definition) is 1. The molecule has 1 nitrogen and oxygen atoms in total. The van der Waals surface area contributed by atoms with Crippen LogP contribution in [0.25, 0.3) is 0 Å². The molecule has 15 heavy (non-hydrogen) atoms. The van der Waals surface area contributed by atoms with Crippen LogP contribution in [0, 0.1) is 0 Å². The van der Waals surface area contributed by atoms with Gasteiger partial charge < -0.3 is 5.73 Å². The summed E-state index contributed by atoms with van der Waals surface area (Å²) >= 11 is 0. The molecule has 0 saturated heterocycles. The Morgan fingerprint density at radius 2 is 1.67 bits per heavy atom. The number of nitrogens with two attached hydrogens (primary N) is 1. The van der Waals surface area contributed by atoms with Crippen molar-refractivity contribution in [2.45, 2.75) is 12.3 Å². The van der Waals surface area contributed by atoms with E-state index in [9.17, 15) is 0 Å². The van der Waals surface area contributed by atoms with Gasteiger partial charge in [0.25, 0.3) is 0 Å². The topological polar surface area (TPSA) is 26.0 Å². The summed E-state index contributed by atoms with van der Waals surface area (Å²) in [5.74, 6) is 0. The van der Waals surface area contributed by atoms with Crippen LogP contribution in [0.4, 0.5) is 5.69 Å². The highest BCUT2D eigenvalue weighted by molar-refractivity contribution is 5.76. The fraction of sp³-hybridized carbons (Fsp3) is 0.143. The zero-order valence-corrected chi connectivity index (χ0v) is 8.70. The summed E-state index contributed by atoms with van der Waals surface area (Å²) in [6.45, 7) is 2.24. The molecule has 0 spiro atoms. The summed E-state index contributed by atoms with van der Waals surface area (Å²) in [7, 11) is 0. The molecule has 1 atom stereocenters. The van der Waals surface area contributed by atoms with E-state index in [1.54, 1.807) is 0 Å². The van der Waals surface area contributed by atoms with Crippen LogP contribution < -0.4 is 5.73 Å². The zero-order chi connectivity index (χ0) is 10.5. The van der Waals surface area contributed by atoms with Crippen molar-refractivity contribution in [3.63, 3.8) is 0 Å². The number of anilines is 1. The van der Waals surface area contributed by atoms with Gasteiger partial charge >= 0.3 is 0 Å². The molecule has 2 N–H and O–H groups in total. The molecule has 2 aromatic rings. The minimum atomic E-state index is 0.0643. The summed E-state index contributed by atoms with van der Waals surface area (Å²) in [5, 5.41) is 0. The van der Waals surface area contributed by atoms with Crippen LogP contribution >= 0.6 is 0 Å². The van der Waals surface area contributed by atoms with E-state index in [0.29, 0.717) is 0 Å². The van der Waals surface area contributed by atoms with Crippen molar-refractivity contribution in [3.8, 4) is 0 Å². The molecule has 1 aliphatic rings. The fourth-order valence-corrected chi connectivity index (χ4v) is 2.50. The highest BCUT2D eigenvalue weighted by Crippen LogP contribution is 2.56. The average molecular weight is 195 g/mol. The van der Waals surface area contributed by atoms with Gasteiger partial charge in [-0.25, -0.2) is 0 Å². The molecule has 0 amide bonds. The maximum absolute atomic E-state index is 5.98. The van der Waals surface area contributed by atoms with E-state index in [4.69, 9.17) is 5.73 Å². The van der Waals surface area contributed by atoms with Gasteiger partial charge in [-0.3, -0.25) is 0 Å². The maximum atomic E-state index is 5.98. The summed E-state index contributed by atoms with van der Waals surface area (Å²) in [6.07, 6.45) is 0. The number of nitrogen functional groups attached to an aromatic ring is 1. The lowest BCUT2D eigenvalue weighted by atomic mass is 9.93. The minimum Gasteiger partial charge on any atom is -0.398 e. The lowest BCUT2D eigenvalue weighted by Gasteiger charge is -2.09.